The molecule has 0 saturated carbocycles. The van der Waals surface area contributed by atoms with Crippen molar-refractivity contribution in [2.75, 3.05) is 0 Å². The molecule has 7 nitrogen and oxygen atoms in total. The van der Waals surface area contributed by atoms with E-state index in [2.05, 4.69) is 15.2 Å². The van der Waals surface area contributed by atoms with E-state index >= 15 is 0 Å². The van der Waals surface area contributed by atoms with Crippen LogP contribution in [0, 0.1) is 0 Å². The van der Waals surface area contributed by atoms with Crippen LogP contribution in [-0.4, -0.2) is 26.5 Å². The second-order valence-corrected chi connectivity index (χ2v) is 5.79. The summed E-state index contributed by atoms with van der Waals surface area (Å²) in [6, 6.07) is 8.09. The molecule has 1 aromatic carbocycles. The molecule has 0 aliphatic rings. The number of benzene rings is 1. The standard InChI is InChI=1S/C17H15F3N4O3/c1-11(12-4-6-14(7-5-12)27-17(18,19)20)22-15(25)10-24-16(26)23-8-2-3-13(23)9-21-24/h2-9,11H,10H2,1H3,(H,22,25)/t11-/m0/s1. The van der Waals surface area contributed by atoms with Gasteiger partial charge in [0.05, 0.1) is 17.8 Å². The van der Waals surface area contributed by atoms with Gasteiger partial charge in [-0.25, -0.2) is 9.48 Å². The highest BCUT2D eigenvalue weighted by Gasteiger charge is 2.31. The van der Waals surface area contributed by atoms with E-state index in [1.54, 1.807) is 25.3 Å². The predicted octanol–water partition coefficient (Wildman–Crippen LogP) is 2.27. The van der Waals surface area contributed by atoms with Gasteiger partial charge in [0, 0.05) is 6.20 Å². The van der Waals surface area contributed by atoms with Crippen molar-refractivity contribution in [1.82, 2.24) is 19.5 Å². The maximum absolute atomic E-state index is 12.2. The first-order chi connectivity index (χ1) is 12.7. The smallest absolute Gasteiger partial charge is 0.406 e. The quantitative estimate of drug-likeness (QED) is 0.737. The molecule has 0 saturated heterocycles. The average molecular weight is 380 g/mol. The molecule has 1 atom stereocenters. The van der Waals surface area contributed by atoms with Crippen LogP contribution in [0.3, 0.4) is 0 Å². The van der Waals surface area contributed by atoms with Gasteiger partial charge in [0.2, 0.25) is 5.91 Å². The van der Waals surface area contributed by atoms with E-state index in [9.17, 15) is 22.8 Å². The zero-order valence-electron chi connectivity index (χ0n) is 14.1. The van der Waals surface area contributed by atoms with Crippen LogP contribution in [0.1, 0.15) is 18.5 Å². The molecule has 2 heterocycles. The summed E-state index contributed by atoms with van der Waals surface area (Å²) in [5.74, 6) is -0.806. The van der Waals surface area contributed by atoms with Crippen LogP contribution in [-0.2, 0) is 11.3 Å². The Morgan fingerprint density at radius 1 is 1.26 bits per heavy atom. The van der Waals surface area contributed by atoms with Crippen LogP contribution < -0.4 is 15.7 Å². The predicted molar refractivity (Wildman–Crippen MR) is 89.1 cm³/mol. The Morgan fingerprint density at radius 3 is 2.63 bits per heavy atom. The maximum atomic E-state index is 12.2. The number of fused-ring (bicyclic) bond motifs is 1. The monoisotopic (exact) mass is 380 g/mol. The number of rotatable bonds is 5. The van der Waals surface area contributed by atoms with Gasteiger partial charge in [-0.3, -0.25) is 9.20 Å². The Labute approximate surface area is 151 Å². The number of nitrogens with zero attached hydrogens (tertiary/aromatic N) is 3. The lowest BCUT2D eigenvalue weighted by Crippen LogP contribution is -2.36. The number of amides is 1. The number of aromatic nitrogens is 3. The molecular weight excluding hydrogens is 365 g/mol. The highest BCUT2D eigenvalue weighted by atomic mass is 19.4. The summed E-state index contributed by atoms with van der Waals surface area (Å²) in [6.07, 6.45) is -1.72. The van der Waals surface area contributed by atoms with Crippen LogP contribution in [0.25, 0.3) is 5.52 Å². The molecule has 3 aromatic rings. The molecule has 27 heavy (non-hydrogen) atoms. The van der Waals surface area contributed by atoms with E-state index < -0.39 is 24.0 Å². The summed E-state index contributed by atoms with van der Waals surface area (Å²) in [5, 5.41) is 6.61. The molecule has 0 unspecified atom stereocenters. The molecule has 0 aliphatic heterocycles. The summed E-state index contributed by atoms with van der Waals surface area (Å²) in [6.45, 7) is 1.38. The Bertz CT molecular complexity index is 1010. The van der Waals surface area contributed by atoms with Crippen molar-refractivity contribution in [2.24, 2.45) is 0 Å². The van der Waals surface area contributed by atoms with Gasteiger partial charge in [0.1, 0.15) is 12.3 Å². The van der Waals surface area contributed by atoms with Crippen molar-refractivity contribution in [3.63, 3.8) is 0 Å². The van der Waals surface area contributed by atoms with Crippen LogP contribution in [0.15, 0.2) is 53.6 Å². The second-order valence-electron chi connectivity index (χ2n) is 5.79. The molecule has 2 aromatic heterocycles. The Hall–Kier alpha value is -3.30. The molecule has 0 spiro atoms. The topological polar surface area (TPSA) is 77.6 Å². The summed E-state index contributed by atoms with van der Waals surface area (Å²) < 4.78 is 42.7. The lowest BCUT2D eigenvalue weighted by Gasteiger charge is -2.15. The van der Waals surface area contributed by atoms with Crippen LogP contribution in [0.4, 0.5) is 13.2 Å². The summed E-state index contributed by atoms with van der Waals surface area (Å²) in [5.41, 5.74) is 0.749. The Morgan fingerprint density at radius 2 is 1.96 bits per heavy atom. The summed E-state index contributed by atoms with van der Waals surface area (Å²) >= 11 is 0. The minimum absolute atomic E-state index is 0.285. The fourth-order valence-electron chi connectivity index (χ4n) is 2.55. The van der Waals surface area contributed by atoms with E-state index in [1.807, 2.05) is 0 Å². The van der Waals surface area contributed by atoms with Gasteiger partial charge >= 0.3 is 12.1 Å². The van der Waals surface area contributed by atoms with Gasteiger partial charge in [0.25, 0.3) is 0 Å². The first kappa shape index (κ1) is 18.5. The highest BCUT2D eigenvalue weighted by Crippen LogP contribution is 2.24. The average Bonchev–Trinajstić information content (AvgIpc) is 3.06. The van der Waals surface area contributed by atoms with Gasteiger partial charge in [-0.15, -0.1) is 13.2 Å². The zero-order valence-corrected chi connectivity index (χ0v) is 14.1. The van der Waals surface area contributed by atoms with Crippen molar-refractivity contribution < 1.29 is 22.7 Å². The van der Waals surface area contributed by atoms with Gasteiger partial charge in [-0.2, -0.15) is 5.10 Å². The van der Waals surface area contributed by atoms with Gasteiger partial charge in [-0.05, 0) is 36.8 Å². The first-order valence-corrected chi connectivity index (χ1v) is 7.91. The molecule has 0 aliphatic carbocycles. The Kier molecular flexibility index (Phi) is 4.89. The molecule has 0 bridgehead atoms. The van der Waals surface area contributed by atoms with Crippen molar-refractivity contribution in [3.8, 4) is 5.75 Å². The number of nitrogens with one attached hydrogen (secondary N) is 1. The van der Waals surface area contributed by atoms with Crippen molar-refractivity contribution >= 4 is 11.4 Å². The van der Waals surface area contributed by atoms with Crippen molar-refractivity contribution in [1.29, 1.82) is 0 Å². The lowest BCUT2D eigenvalue weighted by molar-refractivity contribution is -0.274. The third-order valence-electron chi connectivity index (χ3n) is 3.82. The molecular formula is C17H15F3N4O3. The molecule has 1 amide bonds. The Balaban J connectivity index is 1.64. The van der Waals surface area contributed by atoms with Crippen molar-refractivity contribution in [2.45, 2.75) is 25.9 Å². The number of hydrogen-bond donors (Lipinski definition) is 1. The van der Waals surface area contributed by atoms with Gasteiger partial charge in [0.15, 0.2) is 0 Å². The molecule has 1 N–H and O–H groups in total. The van der Waals surface area contributed by atoms with E-state index in [1.165, 1.54) is 22.7 Å². The van der Waals surface area contributed by atoms with Crippen LogP contribution in [0.5, 0.6) is 5.75 Å². The molecule has 0 fully saturated rings. The van der Waals surface area contributed by atoms with Gasteiger partial charge < -0.3 is 10.1 Å². The normalized spacial score (nSPS) is 12.7. The SMILES string of the molecule is C[C@H](NC(=O)Cn1ncc2cccn2c1=O)c1ccc(OC(F)(F)F)cc1. The van der Waals surface area contributed by atoms with Crippen LogP contribution >= 0.6 is 0 Å². The highest BCUT2D eigenvalue weighted by molar-refractivity contribution is 5.76. The number of carbonyl (C=O) groups excluding carboxylic acids is 1. The number of carbonyl (C=O) groups is 1. The lowest BCUT2D eigenvalue weighted by atomic mass is 10.1. The number of halogens is 3. The third-order valence-corrected chi connectivity index (χ3v) is 3.82. The summed E-state index contributed by atoms with van der Waals surface area (Å²) in [4.78, 5) is 24.4. The number of hydrogen-bond acceptors (Lipinski definition) is 4. The number of ether oxygens (including phenoxy) is 1. The van der Waals surface area contributed by atoms with E-state index in [0.29, 0.717) is 11.1 Å². The molecule has 3 rings (SSSR count). The first-order valence-electron chi connectivity index (χ1n) is 7.91. The molecule has 142 valence electrons. The minimum atomic E-state index is -4.76. The van der Waals surface area contributed by atoms with Crippen molar-refractivity contribution in [3.05, 3.63) is 64.8 Å². The van der Waals surface area contributed by atoms with E-state index in [-0.39, 0.29) is 12.3 Å². The molecule has 0 radical (unpaired) electrons. The van der Waals surface area contributed by atoms with Gasteiger partial charge in [-0.1, -0.05) is 12.1 Å². The fourth-order valence-corrected chi connectivity index (χ4v) is 2.55. The van der Waals surface area contributed by atoms with E-state index in [4.69, 9.17) is 0 Å². The summed E-state index contributed by atoms with van der Waals surface area (Å²) in [7, 11) is 0. The maximum Gasteiger partial charge on any atom is 0.573 e. The van der Waals surface area contributed by atoms with E-state index in [0.717, 1.165) is 16.8 Å². The molecule has 10 heteroatoms. The largest absolute Gasteiger partial charge is 0.573 e. The zero-order chi connectivity index (χ0) is 19.6. The number of alkyl halides is 3. The fraction of sp³-hybridized carbons (Fsp3) is 0.235. The second kappa shape index (κ2) is 7.14. The minimum Gasteiger partial charge on any atom is -0.406 e. The third kappa shape index (κ3) is 4.46. The van der Waals surface area contributed by atoms with Crippen LogP contribution in [0.2, 0.25) is 0 Å².